The zero-order chi connectivity index (χ0) is 10.1. The maximum Gasteiger partial charge on any atom is 0.0399 e. The van der Waals surface area contributed by atoms with Crippen LogP contribution < -0.4 is 10.6 Å². The summed E-state index contributed by atoms with van der Waals surface area (Å²) in [5, 5.41) is 0. The highest BCUT2D eigenvalue weighted by Gasteiger charge is 2.20. The van der Waals surface area contributed by atoms with E-state index < -0.39 is 0 Å². The molecule has 0 bridgehead atoms. The molecule has 0 aliphatic carbocycles. The van der Waals surface area contributed by atoms with Crippen LogP contribution in [0, 0.1) is 13.8 Å². The second kappa shape index (κ2) is 3.62. The standard InChI is InChI=1S/C12H18N2/c1-9-4-3-5-12(10(9)2)14-7-6-11(13)8-14/h3-5,11H,6-8,13H2,1-2H3. The molecule has 1 aliphatic rings. The van der Waals surface area contributed by atoms with Crippen LogP contribution in [0.3, 0.4) is 0 Å². The van der Waals surface area contributed by atoms with E-state index in [-0.39, 0.29) is 0 Å². The van der Waals surface area contributed by atoms with Gasteiger partial charge in [0.05, 0.1) is 0 Å². The van der Waals surface area contributed by atoms with E-state index in [1.807, 2.05) is 0 Å². The molecule has 2 heteroatoms. The predicted octanol–water partition coefficient (Wildman–Crippen LogP) is 1.84. The van der Waals surface area contributed by atoms with E-state index in [1.54, 1.807) is 0 Å². The van der Waals surface area contributed by atoms with Gasteiger partial charge in [-0.05, 0) is 37.5 Å². The van der Waals surface area contributed by atoms with Gasteiger partial charge in [-0.3, -0.25) is 0 Å². The van der Waals surface area contributed by atoms with Crippen molar-refractivity contribution in [1.29, 1.82) is 0 Å². The molecule has 1 fully saturated rings. The first-order valence-electron chi connectivity index (χ1n) is 5.25. The Morgan fingerprint density at radius 1 is 1.36 bits per heavy atom. The highest BCUT2D eigenvalue weighted by atomic mass is 15.2. The number of aryl methyl sites for hydroxylation is 1. The summed E-state index contributed by atoms with van der Waals surface area (Å²) in [5.41, 5.74) is 10.0. The van der Waals surface area contributed by atoms with E-state index in [9.17, 15) is 0 Å². The monoisotopic (exact) mass is 190 g/mol. The molecular weight excluding hydrogens is 172 g/mol. The van der Waals surface area contributed by atoms with E-state index in [2.05, 4.69) is 36.9 Å². The Morgan fingerprint density at radius 3 is 2.79 bits per heavy atom. The van der Waals surface area contributed by atoms with Crippen LogP contribution in [0.1, 0.15) is 17.5 Å². The molecule has 0 aromatic heterocycles. The summed E-state index contributed by atoms with van der Waals surface area (Å²) in [6.07, 6.45) is 1.12. The molecule has 1 aromatic carbocycles. The zero-order valence-corrected chi connectivity index (χ0v) is 8.96. The van der Waals surface area contributed by atoms with Crippen LogP contribution in [0.2, 0.25) is 0 Å². The van der Waals surface area contributed by atoms with Gasteiger partial charge in [-0.2, -0.15) is 0 Å². The van der Waals surface area contributed by atoms with Crippen molar-refractivity contribution in [3.8, 4) is 0 Å². The molecule has 1 unspecified atom stereocenters. The number of nitrogens with zero attached hydrogens (tertiary/aromatic N) is 1. The minimum Gasteiger partial charge on any atom is -0.370 e. The van der Waals surface area contributed by atoms with E-state index in [1.165, 1.54) is 16.8 Å². The molecule has 2 N–H and O–H groups in total. The zero-order valence-electron chi connectivity index (χ0n) is 8.96. The fraction of sp³-hybridized carbons (Fsp3) is 0.500. The molecule has 0 spiro atoms. The first kappa shape index (κ1) is 9.53. The van der Waals surface area contributed by atoms with Crippen molar-refractivity contribution < 1.29 is 0 Å². The fourth-order valence-corrected chi connectivity index (χ4v) is 2.08. The predicted molar refractivity (Wildman–Crippen MR) is 60.7 cm³/mol. The highest BCUT2D eigenvalue weighted by Crippen LogP contribution is 2.25. The SMILES string of the molecule is Cc1cccc(N2CCC(N)C2)c1C. The van der Waals surface area contributed by atoms with Gasteiger partial charge in [0, 0.05) is 24.8 Å². The molecule has 14 heavy (non-hydrogen) atoms. The lowest BCUT2D eigenvalue weighted by atomic mass is 10.1. The molecule has 1 atom stereocenters. The second-order valence-corrected chi connectivity index (χ2v) is 4.21. The van der Waals surface area contributed by atoms with Crippen molar-refractivity contribution in [1.82, 2.24) is 0 Å². The first-order chi connectivity index (χ1) is 6.68. The first-order valence-corrected chi connectivity index (χ1v) is 5.25. The van der Waals surface area contributed by atoms with Gasteiger partial charge in [-0.1, -0.05) is 12.1 Å². The van der Waals surface area contributed by atoms with Crippen molar-refractivity contribution in [3.05, 3.63) is 29.3 Å². The van der Waals surface area contributed by atoms with E-state index in [0.717, 1.165) is 19.5 Å². The lowest BCUT2D eigenvalue weighted by Crippen LogP contribution is -2.26. The summed E-state index contributed by atoms with van der Waals surface area (Å²) in [6, 6.07) is 6.84. The summed E-state index contributed by atoms with van der Waals surface area (Å²) in [5.74, 6) is 0. The largest absolute Gasteiger partial charge is 0.370 e. The normalized spacial score (nSPS) is 21.6. The molecule has 1 aliphatic heterocycles. The van der Waals surface area contributed by atoms with E-state index in [4.69, 9.17) is 5.73 Å². The molecule has 1 heterocycles. The van der Waals surface area contributed by atoms with E-state index in [0.29, 0.717) is 6.04 Å². The average Bonchev–Trinajstić information content (AvgIpc) is 2.57. The number of rotatable bonds is 1. The number of anilines is 1. The Kier molecular flexibility index (Phi) is 2.46. The maximum atomic E-state index is 5.91. The quantitative estimate of drug-likeness (QED) is 0.732. The lowest BCUT2D eigenvalue weighted by Gasteiger charge is -2.21. The van der Waals surface area contributed by atoms with Gasteiger partial charge >= 0.3 is 0 Å². The minimum absolute atomic E-state index is 0.356. The Bertz CT molecular complexity index is 333. The van der Waals surface area contributed by atoms with E-state index >= 15 is 0 Å². The molecule has 0 saturated carbocycles. The molecule has 0 amide bonds. The Morgan fingerprint density at radius 2 is 2.14 bits per heavy atom. The highest BCUT2D eigenvalue weighted by molar-refractivity contribution is 5.56. The van der Waals surface area contributed by atoms with Crippen molar-refractivity contribution in [3.63, 3.8) is 0 Å². The van der Waals surface area contributed by atoms with Gasteiger partial charge in [-0.15, -0.1) is 0 Å². The molecule has 1 aromatic rings. The third-order valence-corrected chi connectivity index (χ3v) is 3.14. The van der Waals surface area contributed by atoms with Crippen LogP contribution in [0.5, 0.6) is 0 Å². The number of hydrogen-bond acceptors (Lipinski definition) is 2. The second-order valence-electron chi connectivity index (χ2n) is 4.21. The number of benzene rings is 1. The van der Waals surface area contributed by atoms with Crippen molar-refractivity contribution >= 4 is 5.69 Å². The summed E-state index contributed by atoms with van der Waals surface area (Å²) >= 11 is 0. The number of nitrogens with two attached hydrogens (primary N) is 1. The summed E-state index contributed by atoms with van der Waals surface area (Å²) in [6.45, 7) is 6.46. The van der Waals surface area contributed by atoms with Gasteiger partial charge in [-0.25, -0.2) is 0 Å². The van der Waals surface area contributed by atoms with Crippen molar-refractivity contribution in [2.45, 2.75) is 26.3 Å². The van der Waals surface area contributed by atoms with Crippen molar-refractivity contribution in [2.24, 2.45) is 5.73 Å². The van der Waals surface area contributed by atoms with Crippen LogP contribution >= 0.6 is 0 Å². The van der Waals surface area contributed by atoms with Crippen LogP contribution in [0.4, 0.5) is 5.69 Å². The molecule has 1 saturated heterocycles. The molecular formula is C12H18N2. The van der Waals surface area contributed by atoms with Crippen LogP contribution in [0.25, 0.3) is 0 Å². The van der Waals surface area contributed by atoms with Gasteiger partial charge < -0.3 is 10.6 Å². The average molecular weight is 190 g/mol. The maximum absolute atomic E-state index is 5.91. The Hall–Kier alpha value is -1.02. The van der Waals surface area contributed by atoms with Gasteiger partial charge in [0.1, 0.15) is 0 Å². The summed E-state index contributed by atoms with van der Waals surface area (Å²) < 4.78 is 0. The van der Waals surface area contributed by atoms with Gasteiger partial charge in [0.2, 0.25) is 0 Å². The minimum atomic E-state index is 0.356. The summed E-state index contributed by atoms with van der Waals surface area (Å²) in [4.78, 5) is 2.40. The van der Waals surface area contributed by atoms with Crippen LogP contribution in [-0.4, -0.2) is 19.1 Å². The van der Waals surface area contributed by atoms with Crippen LogP contribution in [0.15, 0.2) is 18.2 Å². The molecule has 2 rings (SSSR count). The summed E-state index contributed by atoms with van der Waals surface area (Å²) in [7, 11) is 0. The van der Waals surface area contributed by atoms with Gasteiger partial charge in [0.25, 0.3) is 0 Å². The Labute approximate surface area is 85.7 Å². The van der Waals surface area contributed by atoms with Crippen molar-refractivity contribution in [2.75, 3.05) is 18.0 Å². The Balaban J connectivity index is 2.28. The molecule has 76 valence electrons. The molecule has 2 nitrogen and oxygen atoms in total. The molecule has 0 radical (unpaired) electrons. The van der Waals surface area contributed by atoms with Gasteiger partial charge in [0.15, 0.2) is 0 Å². The third-order valence-electron chi connectivity index (χ3n) is 3.14. The fourth-order valence-electron chi connectivity index (χ4n) is 2.08. The topological polar surface area (TPSA) is 29.3 Å². The number of hydrogen-bond donors (Lipinski definition) is 1. The smallest absolute Gasteiger partial charge is 0.0399 e. The lowest BCUT2D eigenvalue weighted by molar-refractivity contribution is 0.752. The van der Waals surface area contributed by atoms with Crippen LogP contribution in [-0.2, 0) is 0 Å². The third kappa shape index (κ3) is 1.62.